The van der Waals surface area contributed by atoms with Crippen LogP contribution in [-0.4, -0.2) is 42.4 Å². The van der Waals surface area contributed by atoms with Crippen LogP contribution >= 0.6 is 11.6 Å². The molecule has 3 aromatic rings. The molecule has 2 N–H and O–H groups in total. The second-order valence-corrected chi connectivity index (χ2v) is 8.08. The molecular formula is C26H26ClN3O4. The molecule has 0 aliphatic heterocycles. The summed E-state index contributed by atoms with van der Waals surface area (Å²) in [6.07, 6.45) is -0.469. The summed E-state index contributed by atoms with van der Waals surface area (Å²) in [5, 5.41) is 5.73. The summed E-state index contributed by atoms with van der Waals surface area (Å²) >= 11 is 6.08. The summed E-state index contributed by atoms with van der Waals surface area (Å²) in [6, 6.07) is 24.5. The van der Waals surface area contributed by atoms with E-state index >= 15 is 0 Å². The molecule has 3 amide bonds. The molecule has 176 valence electrons. The molecule has 1 atom stereocenters. The molecular weight excluding hydrogens is 454 g/mol. The minimum atomic E-state index is -0.913. The Bertz CT molecular complexity index is 1110. The van der Waals surface area contributed by atoms with Crippen molar-refractivity contribution >= 4 is 35.2 Å². The number of para-hydroxylation sites is 1. The molecule has 7 nitrogen and oxygen atoms in total. The van der Waals surface area contributed by atoms with Crippen LogP contribution in [0.15, 0.2) is 84.9 Å². The zero-order valence-corrected chi connectivity index (χ0v) is 19.5. The Morgan fingerprint density at radius 3 is 2.12 bits per heavy atom. The number of hydrogen-bond acceptors (Lipinski definition) is 4. The predicted molar refractivity (Wildman–Crippen MR) is 131 cm³/mol. The van der Waals surface area contributed by atoms with E-state index in [0.29, 0.717) is 10.7 Å². The average Bonchev–Trinajstić information content (AvgIpc) is 2.84. The number of rotatable bonds is 9. The third kappa shape index (κ3) is 7.64. The monoisotopic (exact) mass is 479 g/mol. The van der Waals surface area contributed by atoms with Crippen molar-refractivity contribution in [1.29, 1.82) is 0 Å². The van der Waals surface area contributed by atoms with Crippen molar-refractivity contribution in [2.75, 3.05) is 18.9 Å². The number of amides is 3. The number of anilines is 1. The standard InChI is InChI=1S/C26H26ClN3O4/c1-30(17-24(31)28-22-15-9-8-14-21(22)27)25(32)23(16-19-10-4-2-5-11-19)29-26(33)34-18-20-12-6-3-7-13-20/h2-15,23H,16-18H2,1H3,(H,28,31)(H,29,33)/t23-/m0/s1. The van der Waals surface area contributed by atoms with Gasteiger partial charge < -0.3 is 20.3 Å². The number of benzene rings is 3. The lowest BCUT2D eigenvalue weighted by atomic mass is 10.0. The number of nitrogens with zero attached hydrogens (tertiary/aromatic N) is 1. The van der Waals surface area contributed by atoms with Gasteiger partial charge in [0, 0.05) is 13.5 Å². The van der Waals surface area contributed by atoms with E-state index in [2.05, 4.69) is 10.6 Å². The molecule has 8 heteroatoms. The van der Waals surface area contributed by atoms with E-state index in [1.807, 2.05) is 60.7 Å². The summed E-state index contributed by atoms with van der Waals surface area (Å²) in [5.41, 5.74) is 2.15. The normalized spacial score (nSPS) is 11.2. The highest BCUT2D eigenvalue weighted by Crippen LogP contribution is 2.20. The Balaban J connectivity index is 1.63. The van der Waals surface area contributed by atoms with Crippen molar-refractivity contribution in [1.82, 2.24) is 10.2 Å². The predicted octanol–water partition coefficient (Wildman–Crippen LogP) is 4.27. The zero-order chi connectivity index (χ0) is 24.3. The van der Waals surface area contributed by atoms with Crippen LogP contribution < -0.4 is 10.6 Å². The molecule has 0 aliphatic rings. The highest BCUT2D eigenvalue weighted by molar-refractivity contribution is 6.33. The number of hydrogen-bond donors (Lipinski definition) is 2. The summed E-state index contributed by atoms with van der Waals surface area (Å²) in [5.74, 6) is -0.830. The van der Waals surface area contributed by atoms with Crippen molar-refractivity contribution in [2.45, 2.75) is 19.1 Å². The molecule has 0 spiro atoms. The number of carbonyl (C=O) groups is 3. The molecule has 3 aromatic carbocycles. The fourth-order valence-corrected chi connectivity index (χ4v) is 3.45. The first-order chi connectivity index (χ1) is 16.4. The highest BCUT2D eigenvalue weighted by atomic mass is 35.5. The largest absolute Gasteiger partial charge is 0.445 e. The van der Waals surface area contributed by atoms with Gasteiger partial charge in [-0.15, -0.1) is 0 Å². The second kappa shape index (κ2) is 12.4. The van der Waals surface area contributed by atoms with Gasteiger partial charge in [-0.3, -0.25) is 9.59 Å². The Kier molecular flexibility index (Phi) is 9.05. The average molecular weight is 480 g/mol. The van der Waals surface area contributed by atoms with E-state index in [4.69, 9.17) is 16.3 Å². The van der Waals surface area contributed by atoms with E-state index in [-0.39, 0.29) is 19.6 Å². The van der Waals surface area contributed by atoms with Gasteiger partial charge in [0.15, 0.2) is 0 Å². The number of likely N-dealkylation sites (N-methyl/N-ethyl adjacent to an activating group) is 1. The van der Waals surface area contributed by atoms with Gasteiger partial charge in [0.1, 0.15) is 12.6 Å². The van der Waals surface area contributed by atoms with E-state index in [0.717, 1.165) is 11.1 Å². The quantitative estimate of drug-likeness (QED) is 0.479. The molecule has 0 unspecified atom stereocenters. The SMILES string of the molecule is CN(CC(=O)Nc1ccccc1Cl)C(=O)[C@H](Cc1ccccc1)NC(=O)OCc1ccccc1. The lowest BCUT2D eigenvalue weighted by molar-refractivity contribution is -0.135. The topological polar surface area (TPSA) is 87.7 Å². The van der Waals surface area contributed by atoms with Gasteiger partial charge >= 0.3 is 6.09 Å². The van der Waals surface area contributed by atoms with E-state index in [1.165, 1.54) is 11.9 Å². The molecule has 0 aromatic heterocycles. The van der Waals surface area contributed by atoms with Gasteiger partial charge in [0.2, 0.25) is 11.8 Å². The van der Waals surface area contributed by atoms with Crippen LogP contribution in [0.4, 0.5) is 10.5 Å². The Morgan fingerprint density at radius 2 is 1.47 bits per heavy atom. The van der Waals surface area contributed by atoms with Crippen LogP contribution in [0.1, 0.15) is 11.1 Å². The lowest BCUT2D eigenvalue weighted by Crippen LogP contribution is -2.50. The first kappa shape index (κ1) is 24.8. The van der Waals surface area contributed by atoms with E-state index < -0.39 is 23.9 Å². The van der Waals surface area contributed by atoms with Crippen molar-refractivity contribution in [3.63, 3.8) is 0 Å². The van der Waals surface area contributed by atoms with Crippen molar-refractivity contribution in [3.8, 4) is 0 Å². The van der Waals surface area contributed by atoms with E-state index in [9.17, 15) is 14.4 Å². The van der Waals surface area contributed by atoms with Gasteiger partial charge in [-0.25, -0.2) is 4.79 Å². The fourth-order valence-electron chi connectivity index (χ4n) is 3.27. The summed E-state index contributed by atoms with van der Waals surface area (Å²) in [7, 11) is 1.50. The van der Waals surface area contributed by atoms with Crippen LogP contribution in [-0.2, 0) is 27.4 Å². The molecule has 34 heavy (non-hydrogen) atoms. The number of ether oxygens (including phenoxy) is 1. The van der Waals surface area contributed by atoms with Gasteiger partial charge in [0.25, 0.3) is 0 Å². The molecule has 0 radical (unpaired) electrons. The Morgan fingerprint density at radius 1 is 0.882 bits per heavy atom. The summed E-state index contributed by atoms with van der Waals surface area (Å²) in [6.45, 7) is -0.134. The van der Waals surface area contributed by atoms with Gasteiger partial charge in [-0.1, -0.05) is 84.4 Å². The smallest absolute Gasteiger partial charge is 0.408 e. The minimum absolute atomic E-state index is 0.0784. The zero-order valence-electron chi connectivity index (χ0n) is 18.7. The van der Waals surface area contributed by atoms with Crippen LogP contribution in [0.25, 0.3) is 0 Å². The fraction of sp³-hybridized carbons (Fsp3) is 0.192. The molecule has 0 saturated carbocycles. The molecule has 0 bridgehead atoms. The van der Waals surface area contributed by atoms with Crippen LogP contribution in [0.3, 0.4) is 0 Å². The first-order valence-corrected chi connectivity index (χ1v) is 11.1. The van der Waals surface area contributed by atoms with Crippen molar-refractivity contribution < 1.29 is 19.1 Å². The van der Waals surface area contributed by atoms with Crippen molar-refractivity contribution in [3.05, 3.63) is 101 Å². The van der Waals surface area contributed by atoms with Gasteiger partial charge in [-0.05, 0) is 23.3 Å². The maximum absolute atomic E-state index is 13.2. The summed E-state index contributed by atoms with van der Waals surface area (Å²) in [4.78, 5) is 39.3. The maximum atomic E-state index is 13.2. The Hall–Kier alpha value is -3.84. The second-order valence-electron chi connectivity index (χ2n) is 7.67. The van der Waals surface area contributed by atoms with Crippen LogP contribution in [0, 0.1) is 0 Å². The summed E-state index contributed by atoms with van der Waals surface area (Å²) < 4.78 is 5.28. The van der Waals surface area contributed by atoms with Gasteiger partial charge in [0.05, 0.1) is 17.3 Å². The first-order valence-electron chi connectivity index (χ1n) is 10.7. The molecule has 0 saturated heterocycles. The van der Waals surface area contributed by atoms with Crippen LogP contribution in [0.5, 0.6) is 0 Å². The maximum Gasteiger partial charge on any atom is 0.408 e. The number of carbonyl (C=O) groups excluding carboxylic acids is 3. The van der Waals surface area contributed by atoms with Gasteiger partial charge in [-0.2, -0.15) is 0 Å². The third-order valence-corrected chi connectivity index (χ3v) is 5.32. The van der Waals surface area contributed by atoms with Crippen LogP contribution in [0.2, 0.25) is 5.02 Å². The highest BCUT2D eigenvalue weighted by Gasteiger charge is 2.26. The lowest BCUT2D eigenvalue weighted by Gasteiger charge is -2.24. The molecule has 3 rings (SSSR count). The molecule has 0 aliphatic carbocycles. The number of alkyl carbamates (subject to hydrolysis) is 1. The number of halogens is 1. The number of nitrogens with one attached hydrogen (secondary N) is 2. The minimum Gasteiger partial charge on any atom is -0.445 e. The van der Waals surface area contributed by atoms with E-state index in [1.54, 1.807) is 24.3 Å². The Labute approximate surface area is 203 Å². The van der Waals surface area contributed by atoms with Crippen molar-refractivity contribution in [2.24, 2.45) is 0 Å². The third-order valence-electron chi connectivity index (χ3n) is 4.99. The molecule has 0 heterocycles. The molecule has 0 fully saturated rings.